The summed E-state index contributed by atoms with van der Waals surface area (Å²) < 4.78 is 22.0. The van der Waals surface area contributed by atoms with Gasteiger partial charge in [-0.2, -0.15) is 0 Å². The van der Waals surface area contributed by atoms with Gasteiger partial charge >= 0.3 is 0 Å². The van der Waals surface area contributed by atoms with E-state index >= 15 is 0 Å². The van der Waals surface area contributed by atoms with Crippen molar-refractivity contribution in [2.24, 2.45) is 5.73 Å². The second kappa shape index (κ2) is 6.12. The molecular weight excluding hydrogens is 236 g/mol. The van der Waals surface area contributed by atoms with E-state index in [0.29, 0.717) is 12.8 Å². The molecule has 0 aromatic carbocycles. The van der Waals surface area contributed by atoms with E-state index in [1.807, 2.05) is 12.3 Å². The molecule has 1 unspecified atom stereocenters. The quantitative estimate of drug-likeness (QED) is 0.836. The minimum absolute atomic E-state index is 0.102. The predicted octanol–water partition coefficient (Wildman–Crippen LogP) is 1.47. The number of hydrogen-bond donors (Lipinski definition) is 1. The van der Waals surface area contributed by atoms with E-state index in [-0.39, 0.29) is 11.8 Å². The van der Waals surface area contributed by atoms with Gasteiger partial charge in [-0.15, -0.1) is 0 Å². The highest BCUT2D eigenvalue weighted by atomic mass is 32.2. The van der Waals surface area contributed by atoms with Crippen molar-refractivity contribution in [2.75, 3.05) is 12.0 Å². The Hall–Kier alpha value is -0.940. The van der Waals surface area contributed by atoms with Crippen LogP contribution < -0.4 is 5.73 Å². The number of nitrogens with zero attached hydrogens (tertiary/aromatic N) is 1. The average Bonchev–Trinajstić information content (AvgIpc) is 2.27. The minimum atomic E-state index is -2.89. The average molecular weight is 256 g/mol. The molecule has 17 heavy (non-hydrogen) atoms. The number of rotatable bonds is 6. The molecule has 0 aliphatic heterocycles. The lowest BCUT2D eigenvalue weighted by Gasteiger charge is -2.14. The molecule has 1 aromatic rings. The number of pyridine rings is 1. The van der Waals surface area contributed by atoms with Gasteiger partial charge in [-0.25, -0.2) is 8.42 Å². The van der Waals surface area contributed by atoms with E-state index in [0.717, 1.165) is 17.5 Å². The van der Waals surface area contributed by atoms with Crippen LogP contribution in [0.25, 0.3) is 0 Å². The normalized spacial score (nSPS) is 13.6. The van der Waals surface area contributed by atoms with Crippen molar-refractivity contribution in [3.63, 3.8) is 0 Å². The highest BCUT2D eigenvalue weighted by molar-refractivity contribution is 7.90. The van der Waals surface area contributed by atoms with E-state index in [9.17, 15) is 8.42 Å². The van der Waals surface area contributed by atoms with Gasteiger partial charge in [0.15, 0.2) is 0 Å². The Morgan fingerprint density at radius 2 is 2.18 bits per heavy atom. The highest BCUT2D eigenvalue weighted by Gasteiger charge is 2.11. The monoisotopic (exact) mass is 256 g/mol. The molecule has 2 N–H and O–H groups in total. The van der Waals surface area contributed by atoms with Crippen LogP contribution in [0.2, 0.25) is 0 Å². The first-order valence-electron chi connectivity index (χ1n) is 5.80. The van der Waals surface area contributed by atoms with Crippen molar-refractivity contribution < 1.29 is 8.42 Å². The molecule has 1 heterocycles. The van der Waals surface area contributed by atoms with E-state index in [2.05, 4.69) is 11.9 Å². The summed E-state index contributed by atoms with van der Waals surface area (Å²) in [6, 6.07) is 1.82. The predicted molar refractivity (Wildman–Crippen MR) is 69.5 cm³/mol. The Balaban J connectivity index is 2.61. The lowest BCUT2D eigenvalue weighted by molar-refractivity contribution is 0.587. The van der Waals surface area contributed by atoms with Crippen molar-refractivity contribution in [2.45, 2.75) is 32.2 Å². The first kappa shape index (κ1) is 14.1. The van der Waals surface area contributed by atoms with Crippen molar-refractivity contribution in [3.05, 3.63) is 29.6 Å². The molecule has 5 heteroatoms. The Kier molecular flexibility index (Phi) is 5.08. The third-order valence-electron chi connectivity index (χ3n) is 2.75. The zero-order chi connectivity index (χ0) is 12.9. The zero-order valence-corrected chi connectivity index (χ0v) is 11.2. The summed E-state index contributed by atoms with van der Waals surface area (Å²) in [5.74, 6) is 0.202. The maximum Gasteiger partial charge on any atom is 0.147 e. The first-order valence-corrected chi connectivity index (χ1v) is 7.86. The number of sulfone groups is 1. The van der Waals surface area contributed by atoms with Gasteiger partial charge in [0.2, 0.25) is 0 Å². The molecule has 1 rings (SSSR count). The lowest BCUT2D eigenvalue weighted by Crippen LogP contribution is -2.14. The van der Waals surface area contributed by atoms with E-state index in [4.69, 9.17) is 5.73 Å². The summed E-state index contributed by atoms with van der Waals surface area (Å²) in [5.41, 5.74) is 8.30. The fourth-order valence-corrected chi connectivity index (χ4v) is 2.51. The standard InChI is InChI=1S/C12H20N2O2S/c1-3-10-9-14-7-6-11(10)12(13)5-4-8-17(2,15)16/h6-7,9,12H,3-5,8,13H2,1-2H3. The fraction of sp³-hybridized carbons (Fsp3) is 0.583. The molecular formula is C12H20N2O2S. The summed E-state index contributed by atoms with van der Waals surface area (Å²) in [6.45, 7) is 2.06. The molecule has 1 atom stereocenters. The van der Waals surface area contributed by atoms with Gasteiger partial charge in [-0.3, -0.25) is 4.98 Å². The van der Waals surface area contributed by atoms with Gasteiger partial charge in [0, 0.05) is 30.4 Å². The molecule has 0 saturated heterocycles. The molecule has 0 aliphatic rings. The van der Waals surface area contributed by atoms with Crippen molar-refractivity contribution in [1.29, 1.82) is 0 Å². The molecule has 0 saturated carbocycles. The summed E-state index contributed by atoms with van der Waals surface area (Å²) in [4.78, 5) is 4.07. The molecule has 0 spiro atoms. The largest absolute Gasteiger partial charge is 0.324 e. The van der Waals surface area contributed by atoms with Crippen LogP contribution in [0, 0.1) is 0 Å². The van der Waals surface area contributed by atoms with Crippen molar-refractivity contribution in [1.82, 2.24) is 4.98 Å². The van der Waals surface area contributed by atoms with E-state index in [1.54, 1.807) is 6.20 Å². The molecule has 0 radical (unpaired) electrons. The molecule has 4 nitrogen and oxygen atoms in total. The zero-order valence-electron chi connectivity index (χ0n) is 10.4. The van der Waals surface area contributed by atoms with Crippen LogP contribution in [0.5, 0.6) is 0 Å². The lowest BCUT2D eigenvalue weighted by atomic mass is 9.98. The van der Waals surface area contributed by atoms with Crippen LogP contribution >= 0.6 is 0 Å². The summed E-state index contributed by atoms with van der Waals surface area (Å²) >= 11 is 0. The molecule has 0 bridgehead atoms. The second-order valence-corrected chi connectivity index (χ2v) is 6.57. The highest BCUT2D eigenvalue weighted by Crippen LogP contribution is 2.19. The number of aryl methyl sites for hydroxylation is 1. The van der Waals surface area contributed by atoms with E-state index in [1.165, 1.54) is 6.26 Å². The number of nitrogens with two attached hydrogens (primary N) is 1. The van der Waals surface area contributed by atoms with Crippen LogP contribution in [0.15, 0.2) is 18.5 Å². The number of hydrogen-bond acceptors (Lipinski definition) is 4. The van der Waals surface area contributed by atoms with Gasteiger partial charge in [0.1, 0.15) is 9.84 Å². The van der Waals surface area contributed by atoms with Gasteiger partial charge < -0.3 is 5.73 Å². The molecule has 0 fully saturated rings. The second-order valence-electron chi connectivity index (χ2n) is 4.31. The van der Waals surface area contributed by atoms with Crippen LogP contribution in [-0.4, -0.2) is 25.4 Å². The van der Waals surface area contributed by atoms with E-state index < -0.39 is 9.84 Å². The SMILES string of the molecule is CCc1cnccc1C(N)CCCS(C)(=O)=O. The van der Waals surface area contributed by atoms with Crippen molar-refractivity contribution in [3.8, 4) is 0 Å². The Bertz CT molecular complexity index is 457. The van der Waals surface area contributed by atoms with Crippen LogP contribution in [0.1, 0.15) is 36.9 Å². The fourth-order valence-electron chi connectivity index (χ4n) is 1.82. The third kappa shape index (κ3) is 4.83. The molecule has 0 aliphatic carbocycles. The summed E-state index contributed by atoms with van der Waals surface area (Å²) in [6.07, 6.45) is 6.98. The first-order chi connectivity index (χ1) is 7.94. The molecule has 96 valence electrons. The van der Waals surface area contributed by atoms with Crippen molar-refractivity contribution >= 4 is 9.84 Å². The smallest absolute Gasteiger partial charge is 0.147 e. The number of aromatic nitrogens is 1. The minimum Gasteiger partial charge on any atom is -0.324 e. The van der Waals surface area contributed by atoms with Gasteiger partial charge in [0.25, 0.3) is 0 Å². The molecule has 0 amide bonds. The Labute approximate surface area is 103 Å². The van der Waals surface area contributed by atoms with Gasteiger partial charge in [0.05, 0.1) is 0 Å². The maximum absolute atomic E-state index is 11.0. The maximum atomic E-state index is 11.0. The van der Waals surface area contributed by atoms with Crippen LogP contribution in [0.4, 0.5) is 0 Å². The van der Waals surface area contributed by atoms with Gasteiger partial charge in [-0.05, 0) is 36.5 Å². The summed E-state index contributed by atoms with van der Waals surface area (Å²) in [7, 11) is -2.89. The summed E-state index contributed by atoms with van der Waals surface area (Å²) in [5, 5.41) is 0. The van der Waals surface area contributed by atoms with Gasteiger partial charge in [-0.1, -0.05) is 6.92 Å². The molecule has 1 aromatic heterocycles. The Morgan fingerprint density at radius 1 is 1.47 bits per heavy atom. The Morgan fingerprint density at radius 3 is 2.76 bits per heavy atom. The van der Waals surface area contributed by atoms with Crippen LogP contribution in [-0.2, 0) is 16.3 Å². The third-order valence-corrected chi connectivity index (χ3v) is 3.78. The topological polar surface area (TPSA) is 73.0 Å². The van der Waals surface area contributed by atoms with Crippen LogP contribution in [0.3, 0.4) is 0 Å².